The molecule has 1 heterocycles. The first-order chi connectivity index (χ1) is 11.9. The van der Waals surface area contributed by atoms with Crippen molar-refractivity contribution in [1.82, 2.24) is 4.98 Å². The van der Waals surface area contributed by atoms with Crippen LogP contribution in [0.2, 0.25) is 0 Å². The molecule has 0 spiro atoms. The van der Waals surface area contributed by atoms with Gasteiger partial charge < -0.3 is 10.1 Å². The highest BCUT2D eigenvalue weighted by Crippen LogP contribution is 2.40. The molecule has 0 radical (unpaired) electrons. The lowest BCUT2D eigenvalue weighted by Gasteiger charge is -2.28. The number of ketones is 1. The fourth-order valence-electron chi connectivity index (χ4n) is 2.87. The number of hydrogen-bond donors (Lipinski definition) is 2. The SMILES string of the molecule is CCS(=O)c1cc(C(=O)c2cc(C(C)(C)C)c(O)c(C(C)(C)C)c2)c[nH]1. The van der Waals surface area contributed by atoms with Crippen LogP contribution in [-0.2, 0) is 21.6 Å². The van der Waals surface area contributed by atoms with E-state index >= 15 is 0 Å². The maximum absolute atomic E-state index is 13.0. The Hall–Kier alpha value is -1.88. The fraction of sp³-hybridized carbons (Fsp3) is 0.476. The lowest BCUT2D eigenvalue weighted by Crippen LogP contribution is -2.19. The summed E-state index contributed by atoms with van der Waals surface area (Å²) in [5, 5.41) is 11.3. The number of phenols is 1. The fourth-order valence-corrected chi connectivity index (χ4v) is 3.63. The molecule has 1 aromatic carbocycles. The molecule has 0 amide bonds. The van der Waals surface area contributed by atoms with Crippen molar-refractivity contribution in [3.8, 4) is 5.75 Å². The maximum Gasteiger partial charge on any atom is 0.194 e. The average molecular weight is 376 g/mol. The molecule has 0 saturated heterocycles. The molecule has 0 aliphatic carbocycles. The van der Waals surface area contributed by atoms with Gasteiger partial charge in [0.25, 0.3) is 0 Å². The number of H-pyrrole nitrogens is 1. The van der Waals surface area contributed by atoms with E-state index in [-0.39, 0.29) is 22.4 Å². The van der Waals surface area contributed by atoms with Gasteiger partial charge in [-0.15, -0.1) is 0 Å². The molecule has 4 nitrogen and oxygen atoms in total. The Morgan fingerprint density at radius 3 is 1.92 bits per heavy atom. The van der Waals surface area contributed by atoms with E-state index in [1.807, 2.05) is 48.5 Å². The van der Waals surface area contributed by atoms with Crippen molar-refractivity contribution in [3.63, 3.8) is 0 Å². The van der Waals surface area contributed by atoms with Gasteiger partial charge in [0.15, 0.2) is 5.78 Å². The molecule has 1 aromatic heterocycles. The van der Waals surface area contributed by atoms with Crippen molar-refractivity contribution in [1.29, 1.82) is 0 Å². The second kappa shape index (κ2) is 7.03. The van der Waals surface area contributed by atoms with Crippen LogP contribution in [0.3, 0.4) is 0 Å². The number of phenolic OH excluding ortho intramolecular Hbond substituents is 1. The quantitative estimate of drug-likeness (QED) is 0.763. The summed E-state index contributed by atoms with van der Waals surface area (Å²) >= 11 is 0. The molecule has 142 valence electrons. The zero-order valence-corrected chi connectivity index (χ0v) is 17.5. The van der Waals surface area contributed by atoms with Crippen LogP contribution in [0.4, 0.5) is 0 Å². The molecule has 0 aliphatic rings. The Kier molecular flexibility index (Phi) is 5.52. The normalized spacial score (nSPS) is 13.7. The Bertz CT molecular complexity index is 816. The summed E-state index contributed by atoms with van der Waals surface area (Å²) in [7, 11) is -1.13. The second-order valence-electron chi connectivity index (χ2n) is 8.64. The Morgan fingerprint density at radius 2 is 1.50 bits per heavy atom. The van der Waals surface area contributed by atoms with Crippen LogP contribution < -0.4 is 0 Å². The van der Waals surface area contributed by atoms with Crippen molar-refractivity contribution in [2.45, 2.75) is 64.3 Å². The Balaban J connectivity index is 2.60. The minimum absolute atomic E-state index is 0.142. The predicted molar refractivity (Wildman–Crippen MR) is 107 cm³/mol. The smallest absolute Gasteiger partial charge is 0.194 e. The molecule has 0 aliphatic heterocycles. The van der Waals surface area contributed by atoms with Crippen LogP contribution in [0.5, 0.6) is 5.75 Å². The Morgan fingerprint density at radius 1 is 1.00 bits per heavy atom. The highest BCUT2D eigenvalue weighted by Gasteiger charge is 2.28. The number of nitrogens with one attached hydrogen (secondary N) is 1. The zero-order valence-electron chi connectivity index (χ0n) is 16.7. The lowest BCUT2D eigenvalue weighted by molar-refractivity contribution is 0.103. The topological polar surface area (TPSA) is 70.2 Å². The van der Waals surface area contributed by atoms with Gasteiger partial charge in [0.05, 0.1) is 10.8 Å². The van der Waals surface area contributed by atoms with Crippen LogP contribution in [0.1, 0.15) is 75.5 Å². The number of aromatic hydroxyl groups is 1. The van der Waals surface area contributed by atoms with E-state index in [4.69, 9.17) is 0 Å². The summed E-state index contributed by atoms with van der Waals surface area (Å²) in [5.41, 5.74) is 1.92. The van der Waals surface area contributed by atoms with Gasteiger partial charge in [-0.3, -0.25) is 9.00 Å². The highest BCUT2D eigenvalue weighted by atomic mass is 32.2. The first-order valence-corrected chi connectivity index (χ1v) is 10.2. The van der Waals surface area contributed by atoms with Crippen LogP contribution in [-0.4, -0.2) is 25.8 Å². The van der Waals surface area contributed by atoms with Crippen LogP contribution >= 0.6 is 0 Å². The van der Waals surface area contributed by atoms with Crippen molar-refractivity contribution < 1.29 is 14.1 Å². The third-order valence-electron chi connectivity index (χ3n) is 4.41. The maximum atomic E-state index is 13.0. The van der Waals surface area contributed by atoms with Crippen LogP contribution in [0, 0.1) is 0 Å². The van der Waals surface area contributed by atoms with Crippen molar-refractivity contribution in [3.05, 3.63) is 46.6 Å². The van der Waals surface area contributed by atoms with Gasteiger partial charge in [0.1, 0.15) is 10.8 Å². The van der Waals surface area contributed by atoms with Crippen LogP contribution in [0.25, 0.3) is 0 Å². The Labute approximate surface area is 158 Å². The van der Waals surface area contributed by atoms with Gasteiger partial charge in [0, 0.05) is 34.2 Å². The molecule has 0 bridgehead atoms. The average Bonchev–Trinajstić information content (AvgIpc) is 3.01. The molecule has 2 rings (SSSR count). The first-order valence-electron chi connectivity index (χ1n) is 8.85. The number of carbonyl (C=O) groups excluding carboxylic acids is 1. The largest absolute Gasteiger partial charge is 0.507 e. The van der Waals surface area contributed by atoms with E-state index < -0.39 is 10.8 Å². The summed E-state index contributed by atoms with van der Waals surface area (Å²) in [4.78, 5) is 16.0. The number of aromatic nitrogens is 1. The van der Waals surface area contributed by atoms with E-state index in [0.29, 0.717) is 21.9 Å². The second-order valence-corrected chi connectivity index (χ2v) is 10.3. The van der Waals surface area contributed by atoms with Crippen molar-refractivity contribution in [2.24, 2.45) is 0 Å². The molecule has 1 atom stereocenters. The molecule has 1 unspecified atom stereocenters. The monoisotopic (exact) mass is 375 g/mol. The van der Waals surface area contributed by atoms with Crippen LogP contribution in [0.15, 0.2) is 29.4 Å². The van der Waals surface area contributed by atoms with Gasteiger partial charge >= 0.3 is 0 Å². The number of benzene rings is 1. The minimum Gasteiger partial charge on any atom is -0.507 e. The van der Waals surface area contributed by atoms with Gasteiger partial charge in [-0.05, 0) is 29.0 Å². The number of carbonyl (C=O) groups is 1. The molecule has 2 N–H and O–H groups in total. The van der Waals surface area contributed by atoms with E-state index in [2.05, 4.69) is 4.98 Å². The molecular weight excluding hydrogens is 346 g/mol. The summed E-state index contributed by atoms with van der Waals surface area (Å²) in [5.74, 6) is 0.607. The molecule has 0 fully saturated rings. The van der Waals surface area contributed by atoms with Gasteiger partial charge in [-0.1, -0.05) is 48.5 Å². The number of aromatic amines is 1. The van der Waals surface area contributed by atoms with E-state index in [1.165, 1.54) is 0 Å². The van der Waals surface area contributed by atoms with E-state index in [9.17, 15) is 14.1 Å². The lowest BCUT2D eigenvalue weighted by atomic mass is 9.78. The third kappa shape index (κ3) is 4.09. The van der Waals surface area contributed by atoms with Gasteiger partial charge in [-0.2, -0.15) is 0 Å². The first kappa shape index (κ1) is 20.4. The summed E-state index contributed by atoms with van der Waals surface area (Å²) in [6.45, 7) is 13.9. The van der Waals surface area contributed by atoms with Gasteiger partial charge in [0.2, 0.25) is 0 Å². The molecular formula is C21H29NO3S. The highest BCUT2D eigenvalue weighted by molar-refractivity contribution is 7.84. The third-order valence-corrected chi connectivity index (χ3v) is 5.66. The predicted octanol–water partition coefficient (Wildman–Crippen LogP) is 4.67. The standard InChI is InChI=1S/C21H29NO3S/c1-8-26(25)17-11-14(12-22-17)18(23)13-9-15(20(2,3)4)19(24)16(10-13)21(5,6)7/h9-12,22,24H,8H2,1-7H3. The van der Waals surface area contributed by atoms with E-state index in [1.54, 1.807) is 24.4 Å². The van der Waals surface area contributed by atoms with Crippen molar-refractivity contribution in [2.75, 3.05) is 5.75 Å². The molecule has 26 heavy (non-hydrogen) atoms. The minimum atomic E-state index is -1.13. The summed E-state index contributed by atoms with van der Waals surface area (Å²) in [6.07, 6.45) is 1.60. The molecule has 2 aromatic rings. The molecule has 5 heteroatoms. The number of rotatable bonds is 4. The summed E-state index contributed by atoms with van der Waals surface area (Å²) < 4.78 is 11.9. The summed E-state index contributed by atoms with van der Waals surface area (Å²) in [6, 6.07) is 5.20. The van der Waals surface area contributed by atoms with Crippen molar-refractivity contribution >= 4 is 16.6 Å². The number of hydrogen-bond acceptors (Lipinski definition) is 3. The van der Waals surface area contributed by atoms with Gasteiger partial charge in [-0.25, -0.2) is 0 Å². The molecule has 0 saturated carbocycles. The van der Waals surface area contributed by atoms with E-state index in [0.717, 1.165) is 11.1 Å². The zero-order chi connectivity index (χ0) is 19.9.